The number of carbonyl (C=O) groups is 1. The van der Waals surface area contributed by atoms with E-state index < -0.39 is 0 Å². The molecule has 1 amide bonds. The molecule has 0 aliphatic heterocycles. The maximum Gasteiger partial charge on any atom is 0.258 e. The van der Waals surface area contributed by atoms with Gasteiger partial charge < -0.3 is 10.2 Å². The molecule has 1 heterocycles. The Kier molecular flexibility index (Phi) is 6.09. The molecule has 0 aliphatic carbocycles. The van der Waals surface area contributed by atoms with Gasteiger partial charge in [0, 0.05) is 31.2 Å². The number of nitrogens with one attached hydrogen (secondary N) is 1. The van der Waals surface area contributed by atoms with E-state index in [9.17, 15) is 4.79 Å². The highest BCUT2D eigenvalue weighted by Crippen LogP contribution is 2.13. The van der Waals surface area contributed by atoms with E-state index in [1.807, 2.05) is 31.2 Å². The summed E-state index contributed by atoms with van der Waals surface area (Å²) in [5.41, 5.74) is 2.34. The van der Waals surface area contributed by atoms with Gasteiger partial charge in [0.05, 0.1) is 5.56 Å². The highest BCUT2D eigenvalue weighted by Gasteiger charge is 2.11. The van der Waals surface area contributed by atoms with E-state index in [1.54, 1.807) is 12.4 Å². The van der Waals surface area contributed by atoms with Gasteiger partial charge in [-0.05, 0) is 37.5 Å². The first-order valence-corrected chi connectivity index (χ1v) is 8.09. The number of hydrogen-bond donors (Lipinski definition) is 1. The van der Waals surface area contributed by atoms with Gasteiger partial charge in [0.2, 0.25) is 5.95 Å². The summed E-state index contributed by atoms with van der Waals surface area (Å²) in [6, 6.07) is 7.70. The van der Waals surface area contributed by atoms with Crippen LogP contribution in [-0.2, 0) is 0 Å². The number of rotatable bonds is 7. The van der Waals surface area contributed by atoms with Crippen LogP contribution in [0.2, 0.25) is 0 Å². The molecule has 0 atom stereocenters. The fraction of sp³-hybridized carbons (Fsp3) is 0.389. The standard InChI is InChI=1S/C18H24N4O/c1-4-9-22(10-5-2)18-19-12-15(13-20-18)17(23)21-16-8-6-7-14(3)11-16/h6-8,11-13H,4-5,9-10H2,1-3H3,(H,21,23). The van der Waals surface area contributed by atoms with Crippen molar-refractivity contribution in [2.75, 3.05) is 23.3 Å². The summed E-state index contributed by atoms with van der Waals surface area (Å²) in [7, 11) is 0. The molecule has 122 valence electrons. The third-order valence-corrected chi connectivity index (χ3v) is 3.45. The second kappa shape index (κ2) is 8.27. The lowest BCUT2D eigenvalue weighted by Gasteiger charge is -2.21. The van der Waals surface area contributed by atoms with E-state index >= 15 is 0 Å². The Labute approximate surface area is 137 Å². The number of benzene rings is 1. The van der Waals surface area contributed by atoms with Crippen molar-refractivity contribution >= 4 is 17.5 Å². The lowest BCUT2D eigenvalue weighted by atomic mass is 10.2. The average Bonchev–Trinajstić information content (AvgIpc) is 2.55. The third-order valence-electron chi connectivity index (χ3n) is 3.45. The SMILES string of the molecule is CCCN(CCC)c1ncc(C(=O)Nc2cccc(C)c2)cn1. The molecule has 0 saturated heterocycles. The molecular weight excluding hydrogens is 288 g/mol. The van der Waals surface area contributed by atoms with Crippen molar-refractivity contribution in [2.24, 2.45) is 0 Å². The van der Waals surface area contributed by atoms with Gasteiger partial charge in [-0.15, -0.1) is 0 Å². The number of hydrogen-bond acceptors (Lipinski definition) is 4. The van der Waals surface area contributed by atoms with Gasteiger partial charge in [-0.25, -0.2) is 9.97 Å². The topological polar surface area (TPSA) is 58.1 Å². The first-order valence-electron chi connectivity index (χ1n) is 8.09. The van der Waals surface area contributed by atoms with Gasteiger partial charge in [0.15, 0.2) is 0 Å². The Hall–Kier alpha value is -2.43. The molecule has 1 N–H and O–H groups in total. The summed E-state index contributed by atoms with van der Waals surface area (Å²) in [5, 5.41) is 2.87. The number of amides is 1. The Balaban J connectivity index is 2.07. The smallest absolute Gasteiger partial charge is 0.258 e. The van der Waals surface area contributed by atoms with Crippen molar-refractivity contribution in [2.45, 2.75) is 33.6 Å². The zero-order valence-electron chi connectivity index (χ0n) is 14.0. The molecule has 0 unspecified atom stereocenters. The van der Waals surface area contributed by atoms with Crippen LogP contribution in [0.1, 0.15) is 42.6 Å². The Bertz CT molecular complexity index is 634. The molecule has 0 saturated carbocycles. The van der Waals surface area contributed by atoms with Crippen molar-refractivity contribution in [3.63, 3.8) is 0 Å². The van der Waals surface area contributed by atoms with Crippen molar-refractivity contribution in [3.05, 3.63) is 47.8 Å². The maximum absolute atomic E-state index is 12.3. The predicted octanol–water partition coefficient (Wildman–Crippen LogP) is 3.66. The Morgan fingerprint density at radius 3 is 2.35 bits per heavy atom. The van der Waals surface area contributed by atoms with Crippen molar-refractivity contribution in [1.82, 2.24) is 9.97 Å². The quantitative estimate of drug-likeness (QED) is 0.847. The number of carbonyl (C=O) groups excluding carboxylic acids is 1. The van der Waals surface area contributed by atoms with E-state index in [0.717, 1.165) is 37.2 Å². The van der Waals surface area contributed by atoms with Crippen molar-refractivity contribution in [3.8, 4) is 0 Å². The molecular formula is C18H24N4O. The van der Waals surface area contributed by atoms with Crippen LogP contribution >= 0.6 is 0 Å². The van der Waals surface area contributed by atoms with Crippen LogP contribution in [0.3, 0.4) is 0 Å². The number of anilines is 2. The zero-order chi connectivity index (χ0) is 16.7. The van der Waals surface area contributed by atoms with Crippen LogP contribution in [0.4, 0.5) is 11.6 Å². The largest absolute Gasteiger partial charge is 0.341 e. The molecule has 0 fully saturated rings. The van der Waals surface area contributed by atoms with E-state index in [4.69, 9.17) is 0 Å². The fourth-order valence-corrected chi connectivity index (χ4v) is 2.38. The monoisotopic (exact) mass is 312 g/mol. The van der Waals surface area contributed by atoms with Crippen LogP contribution in [0.25, 0.3) is 0 Å². The molecule has 2 rings (SSSR count). The molecule has 0 bridgehead atoms. The lowest BCUT2D eigenvalue weighted by Crippen LogP contribution is -2.27. The summed E-state index contributed by atoms with van der Waals surface area (Å²) in [4.78, 5) is 23.1. The Morgan fingerprint density at radius 1 is 1.13 bits per heavy atom. The molecule has 1 aromatic carbocycles. The predicted molar refractivity (Wildman–Crippen MR) is 94.0 cm³/mol. The molecule has 0 radical (unpaired) electrons. The molecule has 2 aromatic rings. The van der Waals surface area contributed by atoms with E-state index in [-0.39, 0.29) is 5.91 Å². The van der Waals surface area contributed by atoms with Crippen LogP contribution in [0.5, 0.6) is 0 Å². The zero-order valence-corrected chi connectivity index (χ0v) is 14.0. The summed E-state index contributed by atoms with van der Waals surface area (Å²) in [6.45, 7) is 8.09. The molecule has 5 heteroatoms. The van der Waals surface area contributed by atoms with Crippen LogP contribution < -0.4 is 10.2 Å². The summed E-state index contributed by atoms with van der Waals surface area (Å²) < 4.78 is 0. The minimum atomic E-state index is -0.195. The summed E-state index contributed by atoms with van der Waals surface area (Å²) in [6.07, 6.45) is 5.26. The highest BCUT2D eigenvalue weighted by atomic mass is 16.1. The van der Waals surface area contributed by atoms with Gasteiger partial charge in [0.1, 0.15) is 0 Å². The highest BCUT2D eigenvalue weighted by molar-refractivity contribution is 6.03. The first-order chi connectivity index (χ1) is 11.1. The average molecular weight is 312 g/mol. The molecule has 1 aromatic heterocycles. The Morgan fingerprint density at radius 2 is 1.78 bits per heavy atom. The second-order valence-electron chi connectivity index (χ2n) is 5.58. The van der Waals surface area contributed by atoms with E-state index in [1.165, 1.54) is 0 Å². The third kappa shape index (κ3) is 4.77. The van der Waals surface area contributed by atoms with E-state index in [2.05, 4.69) is 34.0 Å². The van der Waals surface area contributed by atoms with Crippen LogP contribution in [0.15, 0.2) is 36.7 Å². The molecule has 0 aliphatic rings. The molecule has 23 heavy (non-hydrogen) atoms. The second-order valence-corrected chi connectivity index (χ2v) is 5.58. The number of aryl methyl sites for hydroxylation is 1. The van der Waals surface area contributed by atoms with Gasteiger partial charge >= 0.3 is 0 Å². The van der Waals surface area contributed by atoms with Gasteiger partial charge in [-0.1, -0.05) is 26.0 Å². The lowest BCUT2D eigenvalue weighted by molar-refractivity contribution is 0.102. The fourth-order valence-electron chi connectivity index (χ4n) is 2.38. The van der Waals surface area contributed by atoms with Gasteiger partial charge in [0.25, 0.3) is 5.91 Å². The van der Waals surface area contributed by atoms with Crippen LogP contribution in [0, 0.1) is 6.92 Å². The van der Waals surface area contributed by atoms with Gasteiger partial charge in [-0.2, -0.15) is 0 Å². The minimum Gasteiger partial charge on any atom is -0.341 e. The van der Waals surface area contributed by atoms with Crippen molar-refractivity contribution < 1.29 is 4.79 Å². The number of nitrogens with zero attached hydrogens (tertiary/aromatic N) is 3. The molecule has 5 nitrogen and oxygen atoms in total. The minimum absolute atomic E-state index is 0.195. The first kappa shape index (κ1) is 16.9. The summed E-state index contributed by atoms with van der Waals surface area (Å²) in [5.74, 6) is 0.487. The van der Waals surface area contributed by atoms with Crippen molar-refractivity contribution in [1.29, 1.82) is 0 Å². The summed E-state index contributed by atoms with van der Waals surface area (Å²) >= 11 is 0. The van der Waals surface area contributed by atoms with Gasteiger partial charge in [-0.3, -0.25) is 4.79 Å². The maximum atomic E-state index is 12.3. The number of aromatic nitrogens is 2. The normalized spacial score (nSPS) is 10.4. The van der Waals surface area contributed by atoms with Crippen LogP contribution in [-0.4, -0.2) is 29.0 Å². The van der Waals surface area contributed by atoms with E-state index in [0.29, 0.717) is 11.5 Å². The molecule has 0 spiro atoms.